The number of nitrogens with one attached hydrogen (secondary N) is 1. The van der Waals surface area contributed by atoms with Gasteiger partial charge in [0.25, 0.3) is 0 Å². The lowest BCUT2D eigenvalue weighted by Crippen LogP contribution is -2.36. The van der Waals surface area contributed by atoms with E-state index in [4.69, 9.17) is 0 Å². The fourth-order valence-corrected chi connectivity index (χ4v) is 4.37. The molecule has 26 heavy (non-hydrogen) atoms. The van der Waals surface area contributed by atoms with E-state index in [1.165, 1.54) is 19.1 Å². The third-order valence-electron chi connectivity index (χ3n) is 4.80. The molecule has 0 unspecified atom stereocenters. The zero-order valence-electron chi connectivity index (χ0n) is 14.9. The smallest absolute Gasteiger partial charge is 0.240 e. The molecule has 0 spiro atoms. The summed E-state index contributed by atoms with van der Waals surface area (Å²) in [6.45, 7) is 3.74. The van der Waals surface area contributed by atoms with Crippen LogP contribution in [0.3, 0.4) is 0 Å². The predicted octanol–water partition coefficient (Wildman–Crippen LogP) is 3.00. The van der Waals surface area contributed by atoms with Crippen LogP contribution in [0.2, 0.25) is 0 Å². The highest BCUT2D eigenvalue weighted by Gasteiger charge is 2.25. The molecule has 0 aromatic heterocycles. The molecule has 6 heteroatoms. The molecule has 5 nitrogen and oxygen atoms in total. The van der Waals surface area contributed by atoms with Crippen LogP contribution in [-0.2, 0) is 10.0 Å². The topological polar surface area (TPSA) is 66.5 Å². The zero-order valence-corrected chi connectivity index (χ0v) is 15.7. The lowest BCUT2D eigenvalue weighted by Gasteiger charge is -2.28. The van der Waals surface area contributed by atoms with Crippen molar-refractivity contribution in [3.63, 3.8) is 0 Å². The van der Waals surface area contributed by atoms with Crippen molar-refractivity contribution in [2.24, 2.45) is 0 Å². The molecule has 1 aliphatic rings. The second-order valence-corrected chi connectivity index (χ2v) is 8.37. The van der Waals surface area contributed by atoms with E-state index in [1.54, 1.807) is 12.1 Å². The van der Waals surface area contributed by atoms with Crippen molar-refractivity contribution in [3.05, 3.63) is 65.7 Å². The van der Waals surface area contributed by atoms with E-state index in [-0.39, 0.29) is 16.7 Å². The Hall–Kier alpha value is -2.02. The lowest BCUT2D eigenvalue weighted by atomic mass is 10.1. The number of sulfonamides is 1. The van der Waals surface area contributed by atoms with Gasteiger partial charge >= 0.3 is 0 Å². The normalized spacial score (nSPS) is 16.5. The number of likely N-dealkylation sites (tertiary alicyclic amines) is 1. The minimum atomic E-state index is -3.62. The van der Waals surface area contributed by atoms with Crippen molar-refractivity contribution < 1.29 is 13.2 Å². The summed E-state index contributed by atoms with van der Waals surface area (Å²) in [5, 5.41) is 0. The Bertz CT molecular complexity index is 842. The van der Waals surface area contributed by atoms with Gasteiger partial charge < -0.3 is 0 Å². The highest BCUT2D eigenvalue weighted by Crippen LogP contribution is 2.25. The van der Waals surface area contributed by atoms with Gasteiger partial charge in [-0.1, -0.05) is 42.5 Å². The van der Waals surface area contributed by atoms with Gasteiger partial charge in [0.1, 0.15) is 0 Å². The van der Waals surface area contributed by atoms with Crippen LogP contribution in [-0.4, -0.2) is 38.7 Å². The van der Waals surface area contributed by atoms with Crippen LogP contribution in [0.1, 0.15) is 41.7 Å². The maximum atomic E-state index is 12.6. The zero-order chi connectivity index (χ0) is 18.6. The number of carbonyl (C=O) groups is 1. The van der Waals surface area contributed by atoms with Crippen molar-refractivity contribution in [3.8, 4) is 0 Å². The Morgan fingerprint density at radius 3 is 2.23 bits per heavy atom. The predicted molar refractivity (Wildman–Crippen MR) is 102 cm³/mol. The van der Waals surface area contributed by atoms with Crippen molar-refractivity contribution in [2.45, 2.75) is 30.7 Å². The molecule has 2 aromatic rings. The number of carbonyl (C=O) groups excluding carboxylic acids is 1. The third kappa shape index (κ3) is 4.38. The highest BCUT2D eigenvalue weighted by atomic mass is 32.2. The van der Waals surface area contributed by atoms with Crippen molar-refractivity contribution in [1.82, 2.24) is 9.62 Å². The van der Waals surface area contributed by atoms with Gasteiger partial charge in [-0.2, -0.15) is 0 Å². The van der Waals surface area contributed by atoms with E-state index in [2.05, 4.69) is 9.62 Å². The first-order valence-corrected chi connectivity index (χ1v) is 10.4. The fourth-order valence-electron chi connectivity index (χ4n) is 3.33. The minimum Gasteiger partial charge on any atom is -0.295 e. The molecule has 0 bridgehead atoms. The van der Waals surface area contributed by atoms with Crippen LogP contribution in [0.4, 0.5) is 0 Å². The number of rotatable bonds is 7. The van der Waals surface area contributed by atoms with Crippen LogP contribution in [0.15, 0.2) is 59.5 Å². The van der Waals surface area contributed by atoms with E-state index in [0.717, 1.165) is 31.5 Å². The van der Waals surface area contributed by atoms with Crippen LogP contribution in [0, 0.1) is 0 Å². The Kier molecular flexibility index (Phi) is 5.86. The van der Waals surface area contributed by atoms with E-state index in [9.17, 15) is 13.2 Å². The molecule has 0 saturated carbocycles. The number of ketones is 1. The minimum absolute atomic E-state index is 0.0185. The summed E-state index contributed by atoms with van der Waals surface area (Å²) in [7, 11) is -3.62. The summed E-state index contributed by atoms with van der Waals surface area (Å²) in [5.41, 5.74) is 1.62. The summed E-state index contributed by atoms with van der Waals surface area (Å²) < 4.78 is 28.0. The van der Waals surface area contributed by atoms with Crippen LogP contribution >= 0.6 is 0 Å². The molecule has 1 N–H and O–H groups in total. The van der Waals surface area contributed by atoms with Crippen molar-refractivity contribution in [2.75, 3.05) is 19.6 Å². The first kappa shape index (κ1) is 18.8. The monoisotopic (exact) mass is 372 g/mol. The van der Waals surface area contributed by atoms with E-state index in [0.29, 0.717) is 12.1 Å². The molecule has 0 radical (unpaired) electrons. The van der Waals surface area contributed by atoms with E-state index < -0.39 is 10.0 Å². The van der Waals surface area contributed by atoms with Gasteiger partial charge in [0.05, 0.1) is 4.90 Å². The third-order valence-corrected chi connectivity index (χ3v) is 6.24. The first-order valence-electron chi connectivity index (χ1n) is 8.87. The maximum Gasteiger partial charge on any atom is 0.240 e. The van der Waals surface area contributed by atoms with Gasteiger partial charge in [-0.3, -0.25) is 9.69 Å². The van der Waals surface area contributed by atoms with Gasteiger partial charge in [-0.05, 0) is 50.6 Å². The summed E-state index contributed by atoms with van der Waals surface area (Å²) in [6.07, 6.45) is 2.28. The standard InChI is InChI=1S/C20H24N2O3S/c1-16(23)17-9-11-19(12-10-17)26(24,25)21-15-20(22-13-5-6-14-22)18-7-3-2-4-8-18/h2-4,7-12,20-21H,5-6,13-15H2,1H3/t20-/m1/s1. The van der Waals surface area contributed by atoms with Gasteiger partial charge in [0, 0.05) is 18.2 Å². The second-order valence-electron chi connectivity index (χ2n) is 6.60. The molecule has 2 aromatic carbocycles. The molecule has 1 aliphatic heterocycles. The molecule has 1 fully saturated rings. The molecule has 0 aliphatic carbocycles. The number of nitrogens with zero attached hydrogens (tertiary/aromatic N) is 1. The van der Waals surface area contributed by atoms with E-state index >= 15 is 0 Å². The van der Waals surface area contributed by atoms with Crippen molar-refractivity contribution >= 4 is 15.8 Å². The summed E-state index contributed by atoms with van der Waals surface area (Å²) in [5.74, 6) is -0.0833. The average molecular weight is 372 g/mol. The summed E-state index contributed by atoms with van der Waals surface area (Å²) in [4.78, 5) is 13.9. The Morgan fingerprint density at radius 1 is 1.04 bits per heavy atom. The Balaban J connectivity index is 1.76. The van der Waals surface area contributed by atoms with Crippen LogP contribution in [0.25, 0.3) is 0 Å². The maximum absolute atomic E-state index is 12.6. The van der Waals surface area contributed by atoms with Crippen LogP contribution < -0.4 is 4.72 Å². The van der Waals surface area contributed by atoms with Gasteiger partial charge in [0.15, 0.2) is 5.78 Å². The van der Waals surface area contributed by atoms with Gasteiger partial charge in [-0.15, -0.1) is 0 Å². The second kappa shape index (κ2) is 8.12. The van der Waals surface area contributed by atoms with Crippen molar-refractivity contribution in [1.29, 1.82) is 0 Å². The molecular formula is C20H24N2O3S. The van der Waals surface area contributed by atoms with E-state index in [1.807, 2.05) is 30.3 Å². The number of Topliss-reactive ketones (excluding diaryl/α,β-unsaturated/α-hetero) is 1. The molecule has 3 rings (SSSR count). The lowest BCUT2D eigenvalue weighted by molar-refractivity contribution is 0.101. The Labute approximate surface area is 155 Å². The molecular weight excluding hydrogens is 348 g/mol. The number of benzene rings is 2. The Morgan fingerprint density at radius 2 is 1.65 bits per heavy atom. The molecule has 1 atom stereocenters. The highest BCUT2D eigenvalue weighted by molar-refractivity contribution is 7.89. The first-order chi connectivity index (χ1) is 12.5. The quantitative estimate of drug-likeness (QED) is 0.759. The van der Waals surface area contributed by atoms with Gasteiger partial charge in [0.2, 0.25) is 10.0 Å². The number of hydrogen-bond donors (Lipinski definition) is 1. The summed E-state index contributed by atoms with van der Waals surface area (Å²) in [6, 6.07) is 16.1. The van der Waals surface area contributed by atoms with Gasteiger partial charge in [-0.25, -0.2) is 13.1 Å². The average Bonchev–Trinajstić information content (AvgIpc) is 3.17. The molecule has 0 amide bonds. The SMILES string of the molecule is CC(=O)c1ccc(S(=O)(=O)NC[C@H](c2ccccc2)N2CCCC2)cc1. The van der Waals surface area contributed by atoms with Crippen LogP contribution in [0.5, 0.6) is 0 Å². The molecule has 1 saturated heterocycles. The molecule has 138 valence electrons. The molecule has 1 heterocycles. The largest absolute Gasteiger partial charge is 0.295 e. The summed E-state index contributed by atoms with van der Waals surface area (Å²) >= 11 is 0. The number of hydrogen-bond acceptors (Lipinski definition) is 4. The fraction of sp³-hybridized carbons (Fsp3) is 0.350.